The van der Waals surface area contributed by atoms with Gasteiger partial charge in [0.05, 0.1) is 6.04 Å². The van der Waals surface area contributed by atoms with Gasteiger partial charge in [0.1, 0.15) is 0 Å². The van der Waals surface area contributed by atoms with Crippen molar-refractivity contribution in [3.8, 4) is 0 Å². The highest BCUT2D eigenvalue weighted by atomic mass is 16.5. The van der Waals surface area contributed by atoms with Crippen molar-refractivity contribution < 1.29 is 10.2 Å². The van der Waals surface area contributed by atoms with Crippen molar-refractivity contribution in [1.29, 1.82) is 0 Å². The standard InChI is InChI=1S/C14H30NO2/c1-4-6-7-8-9-10-11-13(5-2)15-12(3)14(16)17/h5,12-17H,4,6-11H2,1-3H3. The molecule has 0 aromatic rings. The quantitative estimate of drug-likeness (QED) is 0.387. The lowest BCUT2D eigenvalue weighted by Gasteiger charge is -2.23. The molecule has 3 nitrogen and oxygen atoms in total. The van der Waals surface area contributed by atoms with E-state index in [-0.39, 0.29) is 12.1 Å². The molecule has 0 saturated heterocycles. The molecule has 3 heteroatoms. The van der Waals surface area contributed by atoms with Crippen LogP contribution in [0.5, 0.6) is 0 Å². The molecule has 0 bridgehead atoms. The molecular weight excluding hydrogens is 214 g/mol. The second-order valence-corrected chi connectivity index (χ2v) is 4.87. The zero-order valence-corrected chi connectivity index (χ0v) is 11.7. The molecule has 2 unspecified atom stereocenters. The molecule has 0 rings (SSSR count). The molecule has 0 amide bonds. The van der Waals surface area contributed by atoms with Crippen molar-refractivity contribution in [2.45, 2.75) is 84.1 Å². The Morgan fingerprint density at radius 2 is 1.65 bits per heavy atom. The number of hydrogen-bond acceptors (Lipinski definition) is 3. The van der Waals surface area contributed by atoms with Crippen LogP contribution in [-0.2, 0) is 0 Å². The highest BCUT2D eigenvalue weighted by molar-refractivity contribution is 4.81. The molecule has 1 radical (unpaired) electrons. The minimum absolute atomic E-state index is 0.267. The van der Waals surface area contributed by atoms with Crippen LogP contribution >= 0.6 is 0 Å². The maximum absolute atomic E-state index is 9.01. The fraction of sp³-hybridized carbons (Fsp3) is 0.929. The molecule has 0 aliphatic rings. The molecule has 2 atom stereocenters. The summed E-state index contributed by atoms with van der Waals surface area (Å²) in [6, 6.07) is 0.0225. The van der Waals surface area contributed by atoms with Crippen molar-refractivity contribution in [3.63, 3.8) is 0 Å². The molecule has 0 aromatic heterocycles. The average molecular weight is 244 g/mol. The summed E-state index contributed by atoms with van der Waals surface area (Å²) in [7, 11) is 0. The van der Waals surface area contributed by atoms with Crippen LogP contribution in [0.1, 0.15) is 65.7 Å². The van der Waals surface area contributed by atoms with Gasteiger partial charge in [-0.1, -0.05) is 52.4 Å². The van der Waals surface area contributed by atoms with E-state index in [0.29, 0.717) is 0 Å². The molecule has 0 aliphatic carbocycles. The zero-order chi connectivity index (χ0) is 13.1. The summed E-state index contributed by atoms with van der Waals surface area (Å²) in [4.78, 5) is 0. The molecule has 0 aliphatic heterocycles. The fourth-order valence-electron chi connectivity index (χ4n) is 1.91. The number of hydrogen-bond donors (Lipinski definition) is 3. The van der Waals surface area contributed by atoms with Crippen LogP contribution in [0.25, 0.3) is 0 Å². The minimum atomic E-state index is -1.28. The van der Waals surface area contributed by atoms with E-state index in [1.165, 1.54) is 38.5 Å². The molecular formula is C14H30NO2. The molecule has 17 heavy (non-hydrogen) atoms. The Morgan fingerprint density at radius 3 is 2.18 bits per heavy atom. The number of aliphatic hydroxyl groups is 2. The number of unbranched alkanes of at least 4 members (excludes halogenated alkanes) is 5. The molecule has 0 spiro atoms. The monoisotopic (exact) mass is 244 g/mol. The van der Waals surface area contributed by atoms with Gasteiger partial charge in [0.25, 0.3) is 0 Å². The topological polar surface area (TPSA) is 52.5 Å². The van der Waals surface area contributed by atoms with Gasteiger partial charge in [0.2, 0.25) is 0 Å². The number of rotatable bonds is 11. The van der Waals surface area contributed by atoms with Crippen molar-refractivity contribution >= 4 is 0 Å². The molecule has 3 N–H and O–H groups in total. The first kappa shape index (κ1) is 16.9. The van der Waals surface area contributed by atoms with E-state index in [1.807, 2.05) is 6.92 Å². The predicted octanol–water partition coefficient (Wildman–Crippen LogP) is 2.62. The third kappa shape index (κ3) is 9.57. The fourth-order valence-corrected chi connectivity index (χ4v) is 1.91. The normalized spacial score (nSPS) is 15.2. The maximum Gasteiger partial charge on any atom is 0.166 e. The Morgan fingerprint density at radius 1 is 1.06 bits per heavy atom. The smallest absolute Gasteiger partial charge is 0.166 e. The van der Waals surface area contributed by atoms with Gasteiger partial charge in [-0.2, -0.15) is 0 Å². The van der Waals surface area contributed by atoms with Crippen molar-refractivity contribution in [2.24, 2.45) is 0 Å². The van der Waals surface area contributed by atoms with Gasteiger partial charge in [0.15, 0.2) is 6.29 Å². The second-order valence-electron chi connectivity index (χ2n) is 4.87. The summed E-state index contributed by atoms with van der Waals surface area (Å²) in [6.07, 6.45) is 9.70. The van der Waals surface area contributed by atoms with Gasteiger partial charge in [0, 0.05) is 6.04 Å². The van der Waals surface area contributed by atoms with Crippen LogP contribution in [0.4, 0.5) is 0 Å². The molecule has 0 heterocycles. The molecule has 0 fully saturated rings. The summed E-state index contributed by atoms with van der Waals surface area (Å²) in [5.74, 6) is 0. The van der Waals surface area contributed by atoms with Crippen molar-refractivity contribution in [2.75, 3.05) is 0 Å². The lowest BCUT2D eigenvalue weighted by Crippen LogP contribution is -2.43. The van der Waals surface area contributed by atoms with Crippen LogP contribution < -0.4 is 5.32 Å². The largest absolute Gasteiger partial charge is 0.367 e. The lowest BCUT2D eigenvalue weighted by atomic mass is 10.0. The Bertz CT molecular complexity index is 162. The van der Waals surface area contributed by atoms with Crippen LogP contribution in [0, 0.1) is 6.42 Å². The van der Waals surface area contributed by atoms with Crippen LogP contribution in [0.2, 0.25) is 0 Å². The molecule has 0 saturated carbocycles. The van der Waals surface area contributed by atoms with E-state index >= 15 is 0 Å². The predicted molar refractivity (Wildman–Crippen MR) is 72.6 cm³/mol. The van der Waals surface area contributed by atoms with Crippen LogP contribution in [0.3, 0.4) is 0 Å². The number of nitrogens with one attached hydrogen (secondary N) is 1. The third-order valence-electron chi connectivity index (χ3n) is 3.20. The van der Waals surface area contributed by atoms with Crippen molar-refractivity contribution in [3.05, 3.63) is 6.42 Å². The van der Waals surface area contributed by atoms with Gasteiger partial charge in [-0.3, -0.25) is 0 Å². The first-order valence-electron chi connectivity index (χ1n) is 7.03. The molecule has 103 valence electrons. The first-order valence-corrected chi connectivity index (χ1v) is 7.03. The Kier molecular flexibility index (Phi) is 10.9. The third-order valence-corrected chi connectivity index (χ3v) is 3.20. The SMILES string of the molecule is C[CH]C(CCCCCCCC)NC(C)C(O)O. The molecule has 0 aromatic carbocycles. The van der Waals surface area contributed by atoms with Gasteiger partial charge < -0.3 is 15.5 Å². The maximum atomic E-state index is 9.01. The van der Waals surface area contributed by atoms with E-state index in [0.717, 1.165) is 6.42 Å². The van der Waals surface area contributed by atoms with E-state index in [1.54, 1.807) is 6.92 Å². The second kappa shape index (κ2) is 11.0. The minimum Gasteiger partial charge on any atom is -0.367 e. The van der Waals surface area contributed by atoms with Gasteiger partial charge >= 0.3 is 0 Å². The summed E-state index contributed by atoms with van der Waals surface area (Å²) in [5, 5.41) is 21.2. The van der Waals surface area contributed by atoms with E-state index in [9.17, 15) is 0 Å². The lowest BCUT2D eigenvalue weighted by molar-refractivity contribution is -0.0642. The summed E-state index contributed by atoms with van der Waals surface area (Å²) in [5.41, 5.74) is 0. The Hall–Kier alpha value is -0.120. The highest BCUT2D eigenvalue weighted by Gasteiger charge is 2.14. The van der Waals surface area contributed by atoms with Gasteiger partial charge in [-0.15, -0.1) is 0 Å². The zero-order valence-electron chi connectivity index (χ0n) is 11.7. The average Bonchev–Trinajstić information content (AvgIpc) is 2.31. The Balaban J connectivity index is 3.54. The Labute approximate surface area is 107 Å². The summed E-state index contributed by atoms with van der Waals surface area (Å²) in [6.45, 7) is 6.04. The summed E-state index contributed by atoms with van der Waals surface area (Å²) < 4.78 is 0. The number of aliphatic hydroxyl groups excluding tert-OH is 1. The van der Waals surface area contributed by atoms with E-state index in [2.05, 4.69) is 18.7 Å². The van der Waals surface area contributed by atoms with E-state index in [4.69, 9.17) is 10.2 Å². The van der Waals surface area contributed by atoms with Crippen LogP contribution in [0.15, 0.2) is 0 Å². The van der Waals surface area contributed by atoms with Crippen molar-refractivity contribution in [1.82, 2.24) is 5.32 Å². The first-order chi connectivity index (χ1) is 8.11. The van der Waals surface area contributed by atoms with Crippen LogP contribution in [-0.4, -0.2) is 28.6 Å². The van der Waals surface area contributed by atoms with Gasteiger partial charge in [-0.25, -0.2) is 0 Å². The summed E-state index contributed by atoms with van der Waals surface area (Å²) >= 11 is 0. The highest BCUT2D eigenvalue weighted by Crippen LogP contribution is 2.10. The van der Waals surface area contributed by atoms with Gasteiger partial charge in [-0.05, 0) is 19.8 Å². The van der Waals surface area contributed by atoms with E-state index < -0.39 is 6.29 Å².